The first kappa shape index (κ1) is 8.05. The summed E-state index contributed by atoms with van der Waals surface area (Å²) in [7, 11) is 0. The van der Waals surface area contributed by atoms with E-state index in [1.165, 1.54) is 5.56 Å². The molecule has 0 heterocycles. The molecule has 1 aliphatic carbocycles. The summed E-state index contributed by atoms with van der Waals surface area (Å²) < 4.78 is 0. The Hall–Kier alpha value is -1.57. The van der Waals surface area contributed by atoms with Crippen molar-refractivity contribution in [1.82, 2.24) is 0 Å². The zero-order valence-corrected chi connectivity index (χ0v) is 7.16. The lowest BCUT2D eigenvalue weighted by atomic mass is 9.93. The molecule has 0 radical (unpaired) electrons. The molecule has 0 saturated heterocycles. The van der Waals surface area contributed by atoms with Crippen molar-refractivity contribution in [3.63, 3.8) is 0 Å². The second kappa shape index (κ2) is 3.05. The lowest BCUT2D eigenvalue weighted by Crippen LogP contribution is -1.99. The van der Waals surface area contributed by atoms with Crippen molar-refractivity contribution < 1.29 is 9.90 Å². The molecule has 0 amide bonds. The van der Waals surface area contributed by atoms with E-state index in [-0.39, 0.29) is 5.75 Å². The van der Waals surface area contributed by atoms with Crippen LogP contribution in [0.1, 0.15) is 17.5 Å². The van der Waals surface area contributed by atoms with Gasteiger partial charge < -0.3 is 5.11 Å². The molecule has 0 unspecified atom stereocenters. The fourth-order valence-corrected chi connectivity index (χ4v) is 1.59. The Morgan fingerprint density at radius 1 is 1.31 bits per heavy atom. The van der Waals surface area contributed by atoms with E-state index in [0.29, 0.717) is 0 Å². The first-order chi connectivity index (χ1) is 6.29. The van der Waals surface area contributed by atoms with Gasteiger partial charge in [-0.2, -0.15) is 0 Å². The van der Waals surface area contributed by atoms with Crippen LogP contribution >= 0.6 is 0 Å². The molecule has 0 aromatic heterocycles. The largest absolute Gasteiger partial charge is 0.508 e. The molecule has 2 heteroatoms. The van der Waals surface area contributed by atoms with Crippen LogP contribution in [0, 0.1) is 0 Å². The van der Waals surface area contributed by atoms with Crippen molar-refractivity contribution in [2.24, 2.45) is 0 Å². The minimum atomic E-state index is 0.252. The summed E-state index contributed by atoms with van der Waals surface area (Å²) in [6.45, 7) is 0. The number of phenols is 1. The number of fused-ring (bicyclic) bond motifs is 1. The van der Waals surface area contributed by atoms with Gasteiger partial charge in [-0.1, -0.05) is 6.07 Å². The van der Waals surface area contributed by atoms with E-state index >= 15 is 0 Å². The number of carbonyl (C=O) groups is 1. The van der Waals surface area contributed by atoms with Crippen LogP contribution in [0.25, 0.3) is 6.08 Å². The average Bonchev–Trinajstić information content (AvgIpc) is 2.16. The maximum absolute atomic E-state index is 10.5. The molecule has 0 bridgehead atoms. The third-order valence-electron chi connectivity index (χ3n) is 2.30. The number of hydrogen-bond donors (Lipinski definition) is 1. The minimum Gasteiger partial charge on any atom is -0.508 e. The molecule has 0 spiro atoms. The molecule has 0 atom stereocenters. The first-order valence-electron chi connectivity index (χ1n) is 4.27. The average molecular weight is 174 g/mol. The molecule has 1 aromatic carbocycles. The van der Waals surface area contributed by atoms with Gasteiger partial charge in [-0.15, -0.1) is 0 Å². The van der Waals surface area contributed by atoms with Gasteiger partial charge in [0.05, 0.1) is 0 Å². The zero-order chi connectivity index (χ0) is 9.26. The highest BCUT2D eigenvalue weighted by atomic mass is 16.3. The highest BCUT2D eigenvalue weighted by molar-refractivity contribution is 5.83. The Kier molecular flexibility index (Phi) is 1.89. The standard InChI is InChI=1S/C11H10O2/c12-7-8-1-2-9-3-4-11(13)6-10(9)5-8/h3-7,13H,1-2H2. The van der Waals surface area contributed by atoms with Crippen molar-refractivity contribution in [1.29, 1.82) is 0 Å². The van der Waals surface area contributed by atoms with Crippen LogP contribution in [0.5, 0.6) is 5.75 Å². The fraction of sp³-hybridized carbons (Fsp3) is 0.182. The van der Waals surface area contributed by atoms with E-state index in [0.717, 1.165) is 30.3 Å². The van der Waals surface area contributed by atoms with Crippen LogP contribution in [0.4, 0.5) is 0 Å². The number of carbonyl (C=O) groups excluding carboxylic acids is 1. The van der Waals surface area contributed by atoms with Crippen molar-refractivity contribution in [3.05, 3.63) is 34.9 Å². The van der Waals surface area contributed by atoms with Crippen LogP contribution in [-0.2, 0) is 11.2 Å². The first-order valence-corrected chi connectivity index (χ1v) is 4.27. The van der Waals surface area contributed by atoms with Crippen molar-refractivity contribution in [2.45, 2.75) is 12.8 Å². The summed E-state index contributed by atoms with van der Waals surface area (Å²) in [5.74, 6) is 0.252. The quantitative estimate of drug-likeness (QED) is 0.660. The second-order valence-corrected chi connectivity index (χ2v) is 3.22. The monoisotopic (exact) mass is 174 g/mol. The summed E-state index contributed by atoms with van der Waals surface area (Å²) in [4.78, 5) is 10.5. The van der Waals surface area contributed by atoms with Crippen molar-refractivity contribution >= 4 is 12.4 Å². The predicted octanol–water partition coefficient (Wildman–Crippen LogP) is 1.92. The third kappa shape index (κ3) is 1.47. The number of phenolic OH excluding ortho intramolecular Hbond substituents is 1. The number of benzene rings is 1. The van der Waals surface area contributed by atoms with Crippen LogP contribution in [0.3, 0.4) is 0 Å². The van der Waals surface area contributed by atoms with Gasteiger partial charge in [0.2, 0.25) is 0 Å². The normalized spacial score (nSPS) is 14.6. The summed E-state index contributed by atoms with van der Waals surface area (Å²) in [5, 5.41) is 9.23. The van der Waals surface area contributed by atoms with Gasteiger partial charge >= 0.3 is 0 Å². The topological polar surface area (TPSA) is 37.3 Å². The summed E-state index contributed by atoms with van der Waals surface area (Å²) >= 11 is 0. The van der Waals surface area contributed by atoms with E-state index in [2.05, 4.69) is 0 Å². The predicted molar refractivity (Wildman–Crippen MR) is 50.5 cm³/mol. The molecule has 1 aliphatic rings. The molecule has 0 saturated carbocycles. The van der Waals surface area contributed by atoms with Gasteiger partial charge in [0.25, 0.3) is 0 Å². The third-order valence-corrected chi connectivity index (χ3v) is 2.30. The fourth-order valence-electron chi connectivity index (χ4n) is 1.59. The number of aldehydes is 1. The smallest absolute Gasteiger partial charge is 0.146 e. The Balaban J connectivity index is 2.49. The van der Waals surface area contributed by atoms with Crippen LogP contribution < -0.4 is 0 Å². The number of hydrogen-bond acceptors (Lipinski definition) is 2. The molecule has 0 aliphatic heterocycles. The van der Waals surface area contributed by atoms with Gasteiger partial charge in [-0.3, -0.25) is 4.79 Å². The molecule has 66 valence electrons. The summed E-state index contributed by atoms with van der Waals surface area (Å²) in [6, 6.07) is 5.28. The number of aromatic hydroxyl groups is 1. The van der Waals surface area contributed by atoms with Crippen LogP contribution in [0.2, 0.25) is 0 Å². The number of allylic oxidation sites excluding steroid dienone is 1. The van der Waals surface area contributed by atoms with Crippen molar-refractivity contribution in [2.75, 3.05) is 0 Å². The number of aryl methyl sites for hydroxylation is 1. The molecule has 1 N–H and O–H groups in total. The van der Waals surface area contributed by atoms with E-state index < -0.39 is 0 Å². The van der Waals surface area contributed by atoms with Gasteiger partial charge in [-0.25, -0.2) is 0 Å². The number of rotatable bonds is 1. The molecule has 2 rings (SSSR count). The molecule has 2 nitrogen and oxygen atoms in total. The lowest BCUT2D eigenvalue weighted by Gasteiger charge is -2.12. The van der Waals surface area contributed by atoms with E-state index in [1.807, 2.05) is 12.1 Å². The molecule has 1 aromatic rings. The zero-order valence-electron chi connectivity index (χ0n) is 7.16. The van der Waals surface area contributed by atoms with Crippen molar-refractivity contribution in [3.8, 4) is 5.75 Å². The Morgan fingerprint density at radius 2 is 2.15 bits per heavy atom. The summed E-state index contributed by atoms with van der Waals surface area (Å²) in [5.41, 5.74) is 2.97. The van der Waals surface area contributed by atoms with Gasteiger partial charge in [0.1, 0.15) is 12.0 Å². The highest BCUT2D eigenvalue weighted by Crippen LogP contribution is 2.25. The SMILES string of the molecule is O=CC1=Cc2cc(O)ccc2CC1. The Labute approximate surface area is 76.5 Å². The van der Waals surface area contributed by atoms with E-state index in [4.69, 9.17) is 0 Å². The Morgan fingerprint density at radius 3 is 2.92 bits per heavy atom. The summed E-state index contributed by atoms with van der Waals surface area (Å²) in [6.07, 6.45) is 4.42. The minimum absolute atomic E-state index is 0.252. The Bertz CT molecular complexity index is 378. The van der Waals surface area contributed by atoms with Gasteiger partial charge in [-0.05, 0) is 47.8 Å². The lowest BCUT2D eigenvalue weighted by molar-refractivity contribution is -0.105. The molecule has 0 fully saturated rings. The highest BCUT2D eigenvalue weighted by Gasteiger charge is 2.09. The van der Waals surface area contributed by atoms with Gasteiger partial charge in [0, 0.05) is 0 Å². The van der Waals surface area contributed by atoms with Gasteiger partial charge in [0.15, 0.2) is 0 Å². The maximum Gasteiger partial charge on any atom is 0.146 e. The van der Waals surface area contributed by atoms with E-state index in [9.17, 15) is 9.90 Å². The second-order valence-electron chi connectivity index (χ2n) is 3.22. The molecular formula is C11H10O2. The molecule has 13 heavy (non-hydrogen) atoms. The maximum atomic E-state index is 10.5. The molecular weight excluding hydrogens is 164 g/mol. The van der Waals surface area contributed by atoms with E-state index in [1.54, 1.807) is 12.1 Å². The van der Waals surface area contributed by atoms with Crippen LogP contribution in [-0.4, -0.2) is 11.4 Å². The van der Waals surface area contributed by atoms with Crippen LogP contribution in [0.15, 0.2) is 23.8 Å².